The highest BCUT2D eigenvalue weighted by Gasteiger charge is 2.21. The van der Waals surface area contributed by atoms with Crippen LogP contribution in [-0.4, -0.2) is 46.6 Å². The molecule has 0 spiro atoms. The van der Waals surface area contributed by atoms with Crippen molar-refractivity contribution in [1.29, 1.82) is 0 Å². The summed E-state index contributed by atoms with van der Waals surface area (Å²) in [6.07, 6.45) is 1.71. The highest BCUT2D eigenvalue weighted by Crippen LogP contribution is 2.26. The van der Waals surface area contributed by atoms with E-state index in [0.29, 0.717) is 40.3 Å². The van der Waals surface area contributed by atoms with Gasteiger partial charge in [0.05, 0.1) is 31.7 Å². The fourth-order valence-electron chi connectivity index (χ4n) is 3.35. The fourth-order valence-corrected chi connectivity index (χ4v) is 4.11. The number of nitrogens with zero attached hydrogens (tertiary/aromatic N) is 3. The molecule has 1 heterocycles. The SMILES string of the molecule is C=CCn1c(SCC(=O)Nc2cc(C)ccc2OC)nnc1[C@@H](C)NC(=O)c1ccc(OC)cc1. The molecular weight excluding hydrogens is 466 g/mol. The summed E-state index contributed by atoms with van der Waals surface area (Å²) in [5, 5.41) is 14.9. The van der Waals surface area contributed by atoms with Crippen LogP contribution in [0.4, 0.5) is 5.69 Å². The number of nitrogens with one attached hydrogen (secondary N) is 2. The summed E-state index contributed by atoms with van der Waals surface area (Å²) in [6, 6.07) is 12.0. The van der Waals surface area contributed by atoms with Crippen molar-refractivity contribution in [3.63, 3.8) is 0 Å². The third-order valence-electron chi connectivity index (χ3n) is 5.11. The average molecular weight is 496 g/mol. The van der Waals surface area contributed by atoms with Crippen LogP contribution in [0.5, 0.6) is 11.5 Å². The number of aryl methyl sites for hydroxylation is 1. The van der Waals surface area contributed by atoms with Crippen molar-refractivity contribution in [3.05, 3.63) is 72.1 Å². The van der Waals surface area contributed by atoms with Crippen molar-refractivity contribution in [1.82, 2.24) is 20.1 Å². The number of carbonyl (C=O) groups excluding carboxylic acids is 2. The van der Waals surface area contributed by atoms with E-state index < -0.39 is 6.04 Å². The van der Waals surface area contributed by atoms with E-state index in [-0.39, 0.29) is 17.6 Å². The minimum absolute atomic E-state index is 0.124. The molecule has 10 heteroatoms. The standard InChI is InChI=1S/C25H29N5O4S/c1-6-13-30-23(17(3)26-24(32)18-8-10-19(33-4)11-9-18)28-29-25(30)35-15-22(31)27-20-14-16(2)7-12-21(20)34-5/h6-12,14,17H,1,13,15H2,2-5H3,(H,26,32)(H,27,31)/t17-/m1/s1. The minimum atomic E-state index is -0.420. The van der Waals surface area contributed by atoms with Crippen LogP contribution in [0.2, 0.25) is 0 Å². The molecule has 184 valence electrons. The number of carbonyl (C=O) groups is 2. The first-order chi connectivity index (χ1) is 16.9. The second-order valence-corrected chi connectivity index (χ2v) is 8.65. The van der Waals surface area contributed by atoms with Gasteiger partial charge in [-0.3, -0.25) is 9.59 Å². The smallest absolute Gasteiger partial charge is 0.251 e. The highest BCUT2D eigenvalue weighted by atomic mass is 32.2. The summed E-state index contributed by atoms with van der Waals surface area (Å²) in [7, 11) is 3.13. The van der Waals surface area contributed by atoms with Gasteiger partial charge in [0.25, 0.3) is 5.91 Å². The Morgan fingerprint density at radius 2 is 1.89 bits per heavy atom. The highest BCUT2D eigenvalue weighted by molar-refractivity contribution is 7.99. The largest absolute Gasteiger partial charge is 0.497 e. The zero-order chi connectivity index (χ0) is 25.4. The van der Waals surface area contributed by atoms with E-state index in [1.54, 1.807) is 44.6 Å². The number of hydrogen-bond acceptors (Lipinski definition) is 7. The molecule has 1 atom stereocenters. The van der Waals surface area contributed by atoms with Gasteiger partial charge >= 0.3 is 0 Å². The minimum Gasteiger partial charge on any atom is -0.497 e. The van der Waals surface area contributed by atoms with Crippen LogP contribution >= 0.6 is 11.8 Å². The van der Waals surface area contributed by atoms with Gasteiger partial charge in [0.1, 0.15) is 11.5 Å². The van der Waals surface area contributed by atoms with Crippen molar-refractivity contribution < 1.29 is 19.1 Å². The maximum absolute atomic E-state index is 12.7. The van der Waals surface area contributed by atoms with Crippen molar-refractivity contribution in [3.8, 4) is 11.5 Å². The molecule has 0 unspecified atom stereocenters. The Labute approximate surface area is 208 Å². The molecule has 0 fully saturated rings. The predicted octanol–water partition coefficient (Wildman–Crippen LogP) is 4.01. The molecule has 0 bridgehead atoms. The molecule has 0 aliphatic rings. The first-order valence-electron chi connectivity index (χ1n) is 10.9. The first kappa shape index (κ1) is 25.8. The van der Waals surface area contributed by atoms with Gasteiger partial charge < -0.3 is 24.7 Å². The van der Waals surface area contributed by atoms with Crippen LogP contribution in [0.25, 0.3) is 0 Å². The molecule has 0 saturated carbocycles. The van der Waals surface area contributed by atoms with E-state index in [1.807, 2.05) is 36.6 Å². The number of amides is 2. The molecule has 0 aliphatic heterocycles. The van der Waals surface area contributed by atoms with Crippen LogP contribution < -0.4 is 20.1 Å². The number of allylic oxidation sites excluding steroid dienone is 1. The van der Waals surface area contributed by atoms with Gasteiger partial charge in [0, 0.05) is 12.1 Å². The van der Waals surface area contributed by atoms with E-state index in [2.05, 4.69) is 27.4 Å². The Balaban J connectivity index is 1.67. The number of aromatic nitrogens is 3. The number of benzene rings is 2. The lowest BCUT2D eigenvalue weighted by Gasteiger charge is -2.15. The predicted molar refractivity (Wildman–Crippen MR) is 136 cm³/mol. The van der Waals surface area contributed by atoms with Crippen molar-refractivity contribution >= 4 is 29.3 Å². The molecule has 1 aromatic heterocycles. The van der Waals surface area contributed by atoms with Crippen LogP contribution in [0, 0.1) is 6.92 Å². The first-order valence-corrected chi connectivity index (χ1v) is 11.9. The number of hydrogen-bond donors (Lipinski definition) is 2. The van der Waals surface area contributed by atoms with Crippen LogP contribution in [0.15, 0.2) is 60.3 Å². The van der Waals surface area contributed by atoms with Crippen molar-refractivity contribution in [2.45, 2.75) is 31.6 Å². The monoisotopic (exact) mass is 495 g/mol. The summed E-state index contributed by atoms with van der Waals surface area (Å²) < 4.78 is 12.3. The van der Waals surface area contributed by atoms with Crippen molar-refractivity contribution in [2.24, 2.45) is 0 Å². The van der Waals surface area contributed by atoms with E-state index in [4.69, 9.17) is 9.47 Å². The molecule has 2 N–H and O–H groups in total. The summed E-state index contributed by atoms with van der Waals surface area (Å²) in [6.45, 7) is 8.01. The van der Waals surface area contributed by atoms with Gasteiger partial charge in [-0.2, -0.15) is 0 Å². The van der Waals surface area contributed by atoms with E-state index >= 15 is 0 Å². The molecule has 35 heavy (non-hydrogen) atoms. The zero-order valence-corrected chi connectivity index (χ0v) is 21.0. The third kappa shape index (κ3) is 6.63. The summed E-state index contributed by atoms with van der Waals surface area (Å²) in [5.74, 6) is 1.51. The average Bonchev–Trinajstić information content (AvgIpc) is 3.25. The molecule has 9 nitrogen and oxygen atoms in total. The Bertz CT molecular complexity index is 1190. The second-order valence-electron chi connectivity index (χ2n) is 7.70. The normalized spacial score (nSPS) is 11.4. The maximum Gasteiger partial charge on any atom is 0.251 e. The molecule has 2 amide bonds. The number of thioether (sulfide) groups is 1. The van der Waals surface area contributed by atoms with Gasteiger partial charge in [-0.15, -0.1) is 16.8 Å². The Hall–Kier alpha value is -3.79. The number of methoxy groups -OCH3 is 2. The second kappa shape index (κ2) is 12.1. The Morgan fingerprint density at radius 1 is 1.14 bits per heavy atom. The molecular formula is C25H29N5O4S. The van der Waals surface area contributed by atoms with E-state index in [9.17, 15) is 9.59 Å². The summed E-state index contributed by atoms with van der Waals surface area (Å²) in [4.78, 5) is 25.3. The number of rotatable bonds is 11. The lowest BCUT2D eigenvalue weighted by molar-refractivity contribution is -0.113. The summed E-state index contributed by atoms with van der Waals surface area (Å²) in [5.41, 5.74) is 2.13. The van der Waals surface area contributed by atoms with Gasteiger partial charge in [0.2, 0.25) is 5.91 Å². The van der Waals surface area contributed by atoms with Gasteiger partial charge in [-0.25, -0.2) is 0 Å². The molecule has 3 rings (SSSR count). The Kier molecular flexibility index (Phi) is 8.91. The molecule has 2 aromatic carbocycles. The zero-order valence-electron chi connectivity index (χ0n) is 20.2. The van der Waals surface area contributed by atoms with Gasteiger partial charge in [-0.05, 0) is 55.8 Å². The van der Waals surface area contributed by atoms with E-state index in [0.717, 1.165) is 5.56 Å². The van der Waals surface area contributed by atoms with Crippen LogP contribution in [0.1, 0.15) is 34.7 Å². The van der Waals surface area contributed by atoms with Gasteiger partial charge in [-0.1, -0.05) is 23.9 Å². The van der Waals surface area contributed by atoms with Crippen LogP contribution in [-0.2, 0) is 11.3 Å². The quantitative estimate of drug-likeness (QED) is 0.306. The van der Waals surface area contributed by atoms with Crippen LogP contribution in [0.3, 0.4) is 0 Å². The topological polar surface area (TPSA) is 107 Å². The molecule has 0 aliphatic carbocycles. The van der Waals surface area contributed by atoms with E-state index in [1.165, 1.54) is 11.8 Å². The third-order valence-corrected chi connectivity index (χ3v) is 6.07. The molecule has 0 radical (unpaired) electrons. The molecule has 0 saturated heterocycles. The summed E-state index contributed by atoms with van der Waals surface area (Å²) >= 11 is 1.25. The maximum atomic E-state index is 12.7. The number of ether oxygens (including phenoxy) is 2. The fraction of sp³-hybridized carbons (Fsp3) is 0.280. The lowest BCUT2D eigenvalue weighted by Crippen LogP contribution is -2.28. The molecule has 3 aromatic rings. The van der Waals surface area contributed by atoms with Crippen molar-refractivity contribution in [2.75, 3.05) is 25.3 Å². The lowest BCUT2D eigenvalue weighted by atomic mass is 10.2. The van der Waals surface area contributed by atoms with Gasteiger partial charge in [0.15, 0.2) is 11.0 Å². The number of anilines is 1. The Morgan fingerprint density at radius 3 is 2.54 bits per heavy atom.